The molecule has 0 aromatic rings. The minimum Gasteiger partial charge on any atom is -0.392 e. The van der Waals surface area contributed by atoms with Crippen LogP contribution in [0.1, 0.15) is 32.6 Å². The van der Waals surface area contributed by atoms with E-state index in [-0.39, 0.29) is 6.10 Å². The first kappa shape index (κ1) is 9.44. The first-order valence-electron chi connectivity index (χ1n) is 5.33. The molecule has 1 saturated heterocycles. The Labute approximate surface area is 79.5 Å². The van der Waals surface area contributed by atoms with Gasteiger partial charge in [0, 0.05) is 18.7 Å². The quantitative estimate of drug-likeness (QED) is 0.664. The highest BCUT2D eigenvalue weighted by atomic mass is 16.5. The largest absolute Gasteiger partial charge is 0.392 e. The van der Waals surface area contributed by atoms with Crippen molar-refractivity contribution in [3.8, 4) is 0 Å². The van der Waals surface area contributed by atoms with Crippen LogP contribution in [0.25, 0.3) is 0 Å². The van der Waals surface area contributed by atoms with Gasteiger partial charge in [0.25, 0.3) is 0 Å². The molecule has 4 atom stereocenters. The summed E-state index contributed by atoms with van der Waals surface area (Å²) in [5.74, 6) is 0. The van der Waals surface area contributed by atoms with Gasteiger partial charge in [-0.25, -0.2) is 0 Å². The second kappa shape index (κ2) is 3.95. The summed E-state index contributed by atoms with van der Waals surface area (Å²) >= 11 is 0. The van der Waals surface area contributed by atoms with E-state index in [9.17, 15) is 5.11 Å². The molecule has 2 aliphatic rings. The Kier molecular flexibility index (Phi) is 2.86. The number of hydrogen-bond donors (Lipinski definition) is 2. The Balaban J connectivity index is 1.82. The van der Waals surface area contributed by atoms with Crippen LogP contribution in [0.4, 0.5) is 0 Å². The van der Waals surface area contributed by atoms with Gasteiger partial charge in [0.2, 0.25) is 0 Å². The normalized spacial score (nSPS) is 45.7. The molecule has 2 unspecified atom stereocenters. The lowest BCUT2D eigenvalue weighted by molar-refractivity contribution is 0.0984. The lowest BCUT2D eigenvalue weighted by atomic mass is 10.1. The fourth-order valence-corrected chi connectivity index (χ4v) is 2.36. The Morgan fingerprint density at radius 2 is 2.08 bits per heavy atom. The second-order valence-corrected chi connectivity index (χ2v) is 4.24. The van der Waals surface area contributed by atoms with Crippen molar-refractivity contribution in [2.24, 2.45) is 0 Å². The molecule has 3 heteroatoms. The Morgan fingerprint density at radius 1 is 1.23 bits per heavy atom. The first-order valence-corrected chi connectivity index (χ1v) is 5.33. The molecule has 0 bridgehead atoms. The van der Waals surface area contributed by atoms with E-state index >= 15 is 0 Å². The van der Waals surface area contributed by atoms with Gasteiger partial charge in [-0.15, -0.1) is 0 Å². The Bertz CT molecular complexity index is 156. The fourth-order valence-electron chi connectivity index (χ4n) is 2.36. The van der Waals surface area contributed by atoms with Gasteiger partial charge in [0.05, 0.1) is 12.2 Å². The molecular formula is C10H19NO2. The monoisotopic (exact) mass is 185 g/mol. The van der Waals surface area contributed by atoms with E-state index in [2.05, 4.69) is 12.2 Å². The SMILES string of the molecule is CC1OCCC1N[C@@H]1CCC[C@H]1O. The number of nitrogens with one attached hydrogen (secondary N) is 1. The van der Waals surface area contributed by atoms with Crippen molar-refractivity contribution >= 4 is 0 Å². The van der Waals surface area contributed by atoms with E-state index in [1.54, 1.807) is 0 Å². The van der Waals surface area contributed by atoms with Crippen LogP contribution in [0, 0.1) is 0 Å². The van der Waals surface area contributed by atoms with Gasteiger partial charge in [0.1, 0.15) is 0 Å². The lowest BCUT2D eigenvalue weighted by Crippen LogP contribution is -2.45. The average molecular weight is 185 g/mol. The maximum absolute atomic E-state index is 9.63. The molecule has 1 saturated carbocycles. The Morgan fingerprint density at radius 3 is 2.62 bits per heavy atom. The number of aliphatic hydroxyl groups is 1. The van der Waals surface area contributed by atoms with Crippen LogP contribution in [0.15, 0.2) is 0 Å². The van der Waals surface area contributed by atoms with E-state index in [0.717, 1.165) is 32.3 Å². The third-order valence-electron chi connectivity index (χ3n) is 3.28. The fraction of sp³-hybridized carbons (Fsp3) is 1.00. The van der Waals surface area contributed by atoms with Crippen molar-refractivity contribution in [2.75, 3.05) is 6.61 Å². The standard InChI is InChI=1S/C10H19NO2/c1-7-8(5-6-13-7)11-9-3-2-4-10(9)12/h7-12H,2-6H2,1H3/t7?,8?,9-,10-/m1/s1. The van der Waals surface area contributed by atoms with Crippen LogP contribution in [-0.2, 0) is 4.74 Å². The lowest BCUT2D eigenvalue weighted by Gasteiger charge is -2.23. The number of ether oxygens (including phenoxy) is 1. The van der Waals surface area contributed by atoms with E-state index in [1.165, 1.54) is 0 Å². The zero-order chi connectivity index (χ0) is 9.26. The minimum absolute atomic E-state index is 0.132. The molecule has 0 radical (unpaired) electrons. The predicted octanol–water partition coefficient (Wildman–Crippen LogP) is 0.667. The van der Waals surface area contributed by atoms with Gasteiger partial charge in [-0.05, 0) is 32.6 Å². The molecular weight excluding hydrogens is 166 g/mol. The third-order valence-corrected chi connectivity index (χ3v) is 3.28. The number of hydrogen-bond acceptors (Lipinski definition) is 3. The highest BCUT2D eigenvalue weighted by Crippen LogP contribution is 2.22. The van der Waals surface area contributed by atoms with Crippen molar-refractivity contribution in [3.05, 3.63) is 0 Å². The summed E-state index contributed by atoms with van der Waals surface area (Å²) in [6, 6.07) is 0.770. The molecule has 76 valence electrons. The van der Waals surface area contributed by atoms with Gasteiger partial charge in [-0.3, -0.25) is 0 Å². The molecule has 2 N–H and O–H groups in total. The molecule has 2 fully saturated rings. The zero-order valence-electron chi connectivity index (χ0n) is 8.20. The van der Waals surface area contributed by atoms with E-state index < -0.39 is 0 Å². The third kappa shape index (κ3) is 2.03. The van der Waals surface area contributed by atoms with Crippen LogP contribution >= 0.6 is 0 Å². The predicted molar refractivity (Wildman–Crippen MR) is 50.6 cm³/mol. The zero-order valence-corrected chi connectivity index (χ0v) is 8.20. The molecule has 0 amide bonds. The molecule has 0 aromatic carbocycles. The Hall–Kier alpha value is -0.120. The highest BCUT2D eigenvalue weighted by molar-refractivity contribution is 4.89. The van der Waals surface area contributed by atoms with Gasteiger partial charge < -0.3 is 15.2 Å². The summed E-state index contributed by atoms with van der Waals surface area (Å²) in [5, 5.41) is 13.1. The van der Waals surface area contributed by atoms with Crippen LogP contribution in [0.2, 0.25) is 0 Å². The second-order valence-electron chi connectivity index (χ2n) is 4.24. The van der Waals surface area contributed by atoms with Crippen molar-refractivity contribution in [1.82, 2.24) is 5.32 Å². The molecule has 1 aliphatic carbocycles. The van der Waals surface area contributed by atoms with Gasteiger partial charge in [-0.1, -0.05) is 0 Å². The van der Waals surface area contributed by atoms with Gasteiger partial charge in [-0.2, -0.15) is 0 Å². The van der Waals surface area contributed by atoms with Crippen molar-refractivity contribution < 1.29 is 9.84 Å². The molecule has 0 spiro atoms. The molecule has 2 rings (SSSR count). The van der Waals surface area contributed by atoms with Crippen molar-refractivity contribution in [3.63, 3.8) is 0 Å². The molecule has 1 heterocycles. The van der Waals surface area contributed by atoms with Gasteiger partial charge >= 0.3 is 0 Å². The summed E-state index contributed by atoms with van der Waals surface area (Å²) in [6.45, 7) is 2.97. The molecule has 13 heavy (non-hydrogen) atoms. The average Bonchev–Trinajstić information content (AvgIpc) is 2.65. The molecule has 3 nitrogen and oxygen atoms in total. The van der Waals surface area contributed by atoms with Gasteiger partial charge in [0.15, 0.2) is 0 Å². The maximum atomic E-state index is 9.63. The highest BCUT2D eigenvalue weighted by Gasteiger charge is 2.31. The van der Waals surface area contributed by atoms with Crippen molar-refractivity contribution in [2.45, 2.75) is 56.9 Å². The van der Waals surface area contributed by atoms with E-state index in [4.69, 9.17) is 4.74 Å². The van der Waals surface area contributed by atoms with Crippen LogP contribution in [-0.4, -0.2) is 36.0 Å². The maximum Gasteiger partial charge on any atom is 0.0700 e. The van der Waals surface area contributed by atoms with Crippen LogP contribution in [0.3, 0.4) is 0 Å². The smallest absolute Gasteiger partial charge is 0.0700 e. The summed E-state index contributed by atoms with van der Waals surface area (Å²) in [4.78, 5) is 0. The van der Waals surface area contributed by atoms with E-state index in [1.807, 2.05) is 0 Å². The molecule has 0 aromatic heterocycles. The summed E-state index contributed by atoms with van der Waals surface area (Å²) in [7, 11) is 0. The van der Waals surface area contributed by atoms with Crippen LogP contribution < -0.4 is 5.32 Å². The van der Waals surface area contributed by atoms with Crippen molar-refractivity contribution in [1.29, 1.82) is 0 Å². The van der Waals surface area contributed by atoms with Crippen LogP contribution in [0.5, 0.6) is 0 Å². The number of aliphatic hydroxyl groups excluding tert-OH is 1. The number of rotatable bonds is 2. The summed E-state index contributed by atoms with van der Waals surface area (Å²) in [5.41, 5.74) is 0. The summed E-state index contributed by atoms with van der Waals surface area (Å²) < 4.78 is 5.47. The minimum atomic E-state index is -0.132. The topological polar surface area (TPSA) is 41.5 Å². The molecule has 1 aliphatic heterocycles. The summed E-state index contributed by atoms with van der Waals surface area (Å²) in [6.07, 6.45) is 4.50. The first-order chi connectivity index (χ1) is 6.27. The van der Waals surface area contributed by atoms with E-state index in [0.29, 0.717) is 18.2 Å².